The highest BCUT2D eigenvalue weighted by atomic mass is 32.2. The number of sulfone groups is 1. The summed E-state index contributed by atoms with van der Waals surface area (Å²) >= 11 is 0. The van der Waals surface area contributed by atoms with Crippen molar-refractivity contribution < 1.29 is 26.0 Å². The van der Waals surface area contributed by atoms with Crippen molar-refractivity contribution in [2.24, 2.45) is 0 Å². The maximum atomic E-state index is 12.9. The van der Waals surface area contributed by atoms with Crippen LogP contribution in [0.25, 0.3) is 0 Å². The van der Waals surface area contributed by atoms with Crippen molar-refractivity contribution in [3.05, 3.63) is 30.1 Å². The Labute approximate surface area is 141 Å². The first-order chi connectivity index (χ1) is 11.1. The summed E-state index contributed by atoms with van der Waals surface area (Å²) in [5.41, 5.74) is 0. The third kappa shape index (κ3) is 4.13. The molecule has 24 heavy (non-hydrogen) atoms. The molecule has 0 heterocycles. The number of carbonyl (C=O) groups is 1. The lowest BCUT2D eigenvalue weighted by molar-refractivity contribution is -0.118. The van der Waals surface area contributed by atoms with E-state index in [0.717, 1.165) is 50.5 Å². The molecule has 1 saturated carbocycles. The van der Waals surface area contributed by atoms with Gasteiger partial charge in [-0.25, -0.2) is 21.2 Å². The number of hydrogen-bond acceptors (Lipinski definition) is 5. The van der Waals surface area contributed by atoms with E-state index in [0.29, 0.717) is 12.8 Å². The van der Waals surface area contributed by atoms with Crippen molar-refractivity contribution >= 4 is 25.8 Å². The quantitative estimate of drug-likeness (QED) is 0.789. The van der Waals surface area contributed by atoms with Gasteiger partial charge in [-0.05, 0) is 44.0 Å². The van der Waals surface area contributed by atoms with Gasteiger partial charge in [-0.2, -0.15) is 0 Å². The molecular formula is C15H20FNO5S2. The van der Waals surface area contributed by atoms with E-state index >= 15 is 0 Å². The van der Waals surface area contributed by atoms with E-state index in [2.05, 4.69) is 0 Å². The topological polar surface area (TPSA) is 97.4 Å². The standard InChI is InChI=1S/C15H20FNO5S2/c1-11(23(19,20)13-9-7-12(16)8-10-13)15(18)17-24(21,22)14-5-3-2-4-6-14/h7-11,14H,2-6H2,1H3,(H,17,18)/t11-/m1/s1. The van der Waals surface area contributed by atoms with Gasteiger partial charge in [0.2, 0.25) is 10.0 Å². The lowest BCUT2D eigenvalue weighted by Gasteiger charge is -2.22. The van der Waals surface area contributed by atoms with Crippen molar-refractivity contribution in [2.75, 3.05) is 0 Å². The zero-order valence-electron chi connectivity index (χ0n) is 13.2. The molecule has 0 radical (unpaired) electrons. The first-order valence-electron chi connectivity index (χ1n) is 7.69. The van der Waals surface area contributed by atoms with Crippen LogP contribution >= 0.6 is 0 Å². The highest BCUT2D eigenvalue weighted by Gasteiger charge is 2.35. The maximum absolute atomic E-state index is 12.9. The summed E-state index contributed by atoms with van der Waals surface area (Å²) in [6.45, 7) is 1.12. The van der Waals surface area contributed by atoms with Crippen molar-refractivity contribution in [1.82, 2.24) is 4.72 Å². The fraction of sp³-hybridized carbons (Fsp3) is 0.533. The van der Waals surface area contributed by atoms with Crippen LogP contribution in [0.5, 0.6) is 0 Å². The van der Waals surface area contributed by atoms with Crippen LogP contribution in [-0.4, -0.2) is 33.2 Å². The van der Waals surface area contributed by atoms with Crippen molar-refractivity contribution in [1.29, 1.82) is 0 Å². The van der Waals surface area contributed by atoms with Gasteiger partial charge in [0.1, 0.15) is 11.1 Å². The van der Waals surface area contributed by atoms with Gasteiger partial charge >= 0.3 is 0 Å². The molecule has 1 N–H and O–H groups in total. The fourth-order valence-electron chi connectivity index (χ4n) is 2.65. The molecule has 134 valence electrons. The molecule has 1 aliphatic rings. The van der Waals surface area contributed by atoms with E-state index in [-0.39, 0.29) is 4.90 Å². The van der Waals surface area contributed by atoms with E-state index in [9.17, 15) is 26.0 Å². The lowest BCUT2D eigenvalue weighted by atomic mass is 10.0. The molecule has 1 amide bonds. The summed E-state index contributed by atoms with van der Waals surface area (Å²) in [4.78, 5) is 11.9. The van der Waals surface area contributed by atoms with Crippen molar-refractivity contribution in [3.63, 3.8) is 0 Å². The molecule has 0 bridgehead atoms. The van der Waals surface area contributed by atoms with E-state index in [1.54, 1.807) is 0 Å². The Balaban J connectivity index is 2.15. The van der Waals surface area contributed by atoms with Crippen LogP contribution in [0, 0.1) is 5.82 Å². The average molecular weight is 377 g/mol. The maximum Gasteiger partial charge on any atom is 0.251 e. The SMILES string of the molecule is C[C@H](C(=O)NS(=O)(=O)C1CCCCC1)S(=O)(=O)c1ccc(F)cc1. The second kappa shape index (κ2) is 7.18. The van der Waals surface area contributed by atoms with E-state index in [1.165, 1.54) is 0 Å². The number of amides is 1. The zero-order chi connectivity index (χ0) is 18.0. The van der Waals surface area contributed by atoms with Gasteiger partial charge in [0, 0.05) is 0 Å². The second-order valence-electron chi connectivity index (χ2n) is 5.91. The van der Waals surface area contributed by atoms with Gasteiger partial charge < -0.3 is 0 Å². The Morgan fingerprint density at radius 1 is 1.08 bits per heavy atom. The molecule has 0 saturated heterocycles. The number of carbonyl (C=O) groups excluding carboxylic acids is 1. The Morgan fingerprint density at radius 2 is 1.62 bits per heavy atom. The van der Waals surface area contributed by atoms with E-state index < -0.39 is 42.1 Å². The van der Waals surface area contributed by atoms with Gasteiger partial charge in [0.25, 0.3) is 5.91 Å². The van der Waals surface area contributed by atoms with E-state index in [4.69, 9.17) is 0 Å². The monoisotopic (exact) mass is 377 g/mol. The van der Waals surface area contributed by atoms with Gasteiger partial charge in [-0.15, -0.1) is 0 Å². The van der Waals surface area contributed by atoms with Crippen molar-refractivity contribution in [2.45, 2.75) is 54.4 Å². The van der Waals surface area contributed by atoms with Crippen LogP contribution in [-0.2, 0) is 24.7 Å². The van der Waals surface area contributed by atoms with Crippen molar-refractivity contribution in [3.8, 4) is 0 Å². The minimum absolute atomic E-state index is 0.235. The molecule has 6 nitrogen and oxygen atoms in total. The Hall–Kier alpha value is -1.48. The average Bonchev–Trinajstić information content (AvgIpc) is 2.55. The number of rotatable bonds is 5. The number of halogens is 1. The summed E-state index contributed by atoms with van der Waals surface area (Å²) in [7, 11) is -8.00. The molecule has 2 rings (SSSR count). The molecule has 1 fully saturated rings. The normalized spacial score (nSPS) is 18.1. The van der Waals surface area contributed by atoms with Crippen LogP contribution in [0.1, 0.15) is 39.0 Å². The molecule has 1 aromatic carbocycles. The highest BCUT2D eigenvalue weighted by Crippen LogP contribution is 2.23. The molecule has 0 unspecified atom stereocenters. The summed E-state index contributed by atoms with van der Waals surface area (Å²) in [6.07, 6.45) is 3.41. The zero-order valence-corrected chi connectivity index (χ0v) is 14.9. The smallest absolute Gasteiger partial charge is 0.251 e. The van der Waals surface area contributed by atoms with Crippen LogP contribution in [0.15, 0.2) is 29.2 Å². The second-order valence-corrected chi connectivity index (χ2v) is 10.1. The highest BCUT2D eigenvalue weighted by molar-refractivity contribution is 7.93. The third-order valence-electron chi connectivity index (χ3n) is 4.21. The van der Waals surface area contributed by atoms with Crippen LogP contribution in [0.2, 0.25) is 0 Å². The Kier molecular flexibility index (Phi) is 5.64. The molecule has 0 spiro atoms. The number of nitrogens with one attached hydrogen (secondary N) is 1. The summed E-state index contributed by atoms with van der Waals surface area (Å²) < 4.78 is 64.0. The lowest BCUT2D eigenvalue weighted by Crippen LogP contribution is -2.45. The number of hydrogen-bond donors (Lipinski definition) is 1. The van der Waals surface area contributed by atoms with Gasteiger partial charge in [0.05, 0.1) is 10.1 Å². The molecule has 0 aliphatic heterocycles. The van der Waals surface area contributed by atoms with Crippen LogP contribution in [0.3, 0.4) is 0 Å². The number of benzene rings is 1. The predicted molar refractivity (Wildman–Crippen MR) is 87.0 cm³/mol. The first-order valence-corrected chi connectivity index (χ1v) is 10.8. The summed E-state index contributed by atoms with van der Waals surface area (Å²) in [6, 6.07) is 4.03. The van der Waals surface area contributed by atoms with Gasteiger partial charge in [0.15, 0.2) is 9.84 Å². The third-order valence-corrected chi connectivity index (χ3v) is 8.12. The van der Waals surface area contributed by atoms with Crippen LogP contribution in [0.4, 0.5) is 4.39 Å². The van der Waals surface area contributed by atoms with Gasteiger partial charge in [-0.1, -0.05) is 19.3 Å². The first kappa shape index (κ1) is 18.9. The molecule has 1 aliphatic carbocycles. The van der Waals surface area contributed by atoms with Gasteiger partial charge in [-0.3, -0.25) is 9.52 Å². The molecule has 1 atom stereocenters. The summed E-state index contributed by atoms with van der Waals surface area (Å²) in [5, 5.41) is -2.27. The minimum Gasteiger partial charge on any atom is -0.273 e. The molecule has 9 heteroatoms. The molecular weight excluding hydrogens is 357 g/mol. The largest absolute Gasteiger partial charge is 0.273 e. The molecule has 0 aromatic heterocycles. The number of sulfonamides is 1. The van der Waals surface area contributed by atoms with Crippen LogP contribution < -0.4 is 4.72 Å². The Morgan fingerprint density at radius 3 is 2.17 bits per heavy atom. The fourth-order valence-corrected chi connectivity index (χ4v) is 5.57. The van der Waals surface area contributed by atoms with E-state index in [1.807, 2.05) is 4.72 Å². The molecule has 1 aromatic rings. The summed E-state index contributed by atoms with van der Waals surface area (Å²) in [5.74, 6) is -1.70. The predicted octanol–water partition coefficient (Wildman–Crippen LogP) is 1.77. The Bertz CT molecular complexity index is 797. The minimum atomic E-state index is -4.10.